The van der Waals surface area contributed by atoms with Crippen molar-refractivity contribution in [3.8, 4) is 0 Å². The van der Waals surface area contributed by atoms with Crippen LogP contribution in [0.2, 0.25) is 0 Å². The second-order valence-corrected chi connectivity index (χ2v) is 7.00. The summed E-state index contributed by atoms with van der Waals surface area (Å²) in [5.74, 6) is -2.60. The highest BCUT2D eigenvalue weighted by atomic mass is 32.1. The lowest BCUT2D eigenvalue weighted by molar-refractivity contribution is 0.0984. The van der Waals surface area contributed by atoms with Crippen molar-refractivity contribution in [1.29, 1.82) is 0 Å². The lowest BCUT2D eigenvalue weighted by Gasteiger charge is -2.20. The Labute approximate surface area is 161 Å². The molecule has 0 fully saturated rings. The van der Waals surface area contributed by atoms with Crippen molar-refractivity contribution in [1.82, 2.24) is 9.97 Å². The van der Waals surface area contributed by atoms with Gasteiger partial charge in [0.15, 0.2) is 10.9 Å². The van der Waals surface area contributed by atoms with Crippen molar-refractivity contribution in [3.63, 3.8) is 0 Å². The summed E-state index contributed by atoms with van der Waals surface area (Å²) < 4.78 is 41.5. The van der Waals surface area contributed by atoms with E-state index in [-0.39, 0.29) is 27.5 Å². The summed E-state index contributed by atoms with van der Waals surface area (Å²) in [5, 5.41) is 0.178. The molecule has 0 radical (unpaired) electrons. The van der Waals surface area contributed by atoms with Gasteiger partial charge in [-0.1, -0.05) is 23.5 Å². The molecule has 0 aliphatic heterocycles. The molecule has 4 nitrogen and oxygen atoms in total. The highest BCUT2D eigenvalue weighted by Crippen LogP contribution is 2.32. The molecule has 0 saturated carbocycles. The zero-order valence-electron chi connectivity index (χ0n) is 14.3. The van der Waals surface area contributed by atoms with E-state index in [1.54, 1.807) is 24.5 Å². The minimum Gasteiger partial charge on any atom is -0.279 e. The van der Waals surface area contributed by atoms with Crippen LogP contribution in [0, 0.1) is 17.5 Å². The van der Waals surface area contributed by atoms with Gasteiger partial charge in [0.05, 0.1) is 11.2 Å². The maximum atomic E-state index is 14.1. The molecule has 4 rings (SSSR count). The Bertz CT molecular complexity index is 1160. The highest BCUT2D eigenvalue weighted by molar-refractivity contribution is 7.22. The average molecular weight is 399 g/mol. The van der Waals surface area contributed by atoms with E-state index in [1.165, 1.54) is 23.1 Å². The van der Waals surface area contributed by atoms with Crippen LogP contribution >= 0.6 is 11.3 Å². The Kier molecular flexibility index (Phi) is 4.79. The van der Waals surface area contributed by atoms with Crippen LogP contribution in [0.1, 0.15) is 15.9 Å². The molecule has 0 unspecified atom stereocenters. The van der Waals surface area contributed by atoms with Crippen molar-refractivity contribution in [2.24, 2.45) is 0 Å². The molecule has 8 heteroatoms. The third-order valence-electron chi connectivity index (χ3n) is 4.01. The molecule has 4 aromatic rings. The quantitative estimate of drug-likeness (QED) is 0.488. The third-order valence-corrected chi connectivity index (χ3v) is 5.04. The van der Waals surface area contributed by atoms with Gasteiger partial charge < -0.3 is 0 Å². The zero-order valence-corrected chi connectivity index (χ0v) is 15.1. The number of carbonyl (C=O) groups is 1. The summed E-state index contributed by atoms with van der Waals surface area (Å²) in [5.41, 5.74) is 0.803. The number of fused-ring (bicyclic) bond motifs is 1. The normalized spacial score (nSPS) is 11.0. The van der Waals surface area contributed by atoms with Crippen molar-refractivity contribution < 1.29 is 18.0 Å². The van der Waals surface area contributed by atoms with Crippen LogP contribution in [-0.2, 0) is 6.54 Å². The Hall–Kier alpha value is -3.26. The largest absolute Gasteiger partial charge is 0.279 e. The van der Waals surface area contributed by atoms with Crippen LogP contribution in [0.5, 0.6) is 0 Å². The average Bonchev–Trinajstić information content (AvgIpc) is 3.10. The van der Waals surface area contributed by atoms with Gasteiger partial charge >= 0.3 is 0 Å². The first-order valence-electron chi connectivity index (χ1n) is 8.23. The molecule has 0 bridgehead atoms. The summed E-state index contributed by atoms with van der Waals surface area (Å²) in [6, 6.07) is 10.7. The molecular formula is C20H12F3N3OS. The predicted molar refractivity (Wildman–Crippen MR) is 101 cm³/mol. The number of carbonyl (C=O) groups excluding carboxylic acids is 1. The van der Waals surface area contributed by atoms with E-state index >= 15 is 0 Å². The van der Waals surface area contributed by atoms with Gasteiger partial charge in [0.2, 0.25) is 0 Å². The van der Waals surface area contributed by atoms with E-state index in [0.29, 0.717) is 5.56 Å². The first-order chi connectivity index (χ1) is 13.5. The molecule has 2 aromatic heterocycles. The molecule has 1 amide bonds. The van der Waals surface area contributed by atoms with Crippen molar-refractivity contribution in [2.75, 3.05) is 4.90 Å². The monoisotopic (exact) mass is 399 g/mol. The third kappa shape index (κ3) is 3.59. The number of nitrogens with zero attached hydrogens (tertiary/aromatic N) is 3. The van der Waals surface area contributed by atoms with Crippen molar-refractivity contribution in [2.45, 2.75) is 6.54 Å². The maximum absolute atomic E-state index is 14.1. The van der Waals surface area contributed by atoms with Crippen LogP contribution in [0.4, 0.5) is 18.3 Å². The van der Waals surface area contributed by atoms with E-state index in [1.807, 2.05) is 0 Å². The second-order valence-electron chi connectivity index (χ2n) is 5.99. The molecule has 0 saturated heterocycles. The van der Waals surface area contributed by atoms with E-state index in [9.17, 15) is 18.0 Å². The van der Waals surface area contributed by atoms with Gasteiger partial charge in [-0.15, -0.1) is 0 Å². The number of hydrogen-bond donors (Lipinski definition) is 0. The fourth-order valence-electron chi connectivity index (χ4n) is 2.74. The van der Waals surface area contributed by atoms with Crippen LogP contribution in [0.3, 0.4) is 0 Å². The van der Waals surface area contributed by atoms with E-state index in [0.717, 1.165) is 29.5 Å². The van der Waals surface area contributed by atoms with Gasteiger partial charge in [-0.25, -0.2) is 18.2 Å². The maximum Gasteiger partial charge on any atom is 0.260 e. The molecule has 0 aliphatic rings. The fourth-order valence-corrected chi connectivity index (χ4v) is 3.74. The molecule has 0 spiro atoms. The number of pyridine rings is 1. The molecule has 0 aliphatic carbocycles. The van der Waals surface area contributed by atoms with Gasteiger partial charge in [-0.05, 0) is 35.9 Å². The summed E-state index contributed by atoms with van der Waals surface area (Å²) in [7, 11) is 0. The summed E-state index contributed by atoms with van der Waals surface area (Å²) >= 11 is 0.980. The smallest absolute Gasteiger partial charge is 0.260 e. The molecule has 2 heterocycles. The van der Waals surface area contributed by atoms with Gasteiger partial charge in [0.1, 0.15) is 17.2 Å². The summed E-state index contributed by atoms with van der Waals surface area (Å²) in [6.45, 7) is 0.0904. The lowest BCUT2D eigenvalue weighted by Crippen LogP contribution is -2.30. The number of halogens is 3. The first kappa shape index (κ1) is 18.1. The molecular weight excluding hydrogens is 387 g/mol. The number of benzene rings is 2. The number of thiazole rings is 1. The van der Waals surface area contributed by atoms with Gasteiger partial charge in [0, 0.05) is 24.0 Å². The predicted octanol–water partition coefficient (Wildman–Crippen LogP) is 4.96. The lowest BCUT2D eigenvalue weighted by atomic mass is 10.2. The molecule has 2 aromatic carbocycles. The van der Waals surface area contributed by atoms with Crippen LogP contribution in [0.25, 0.3) is 10.2 Å². The SMILES string of the molecule is O=C(c1cccc(F)c1)N(Cc1cccnc1)c1nc2c(F)cc(F)cc2s1. The summed E-state index contributed by atoms with van der Waals surface area (Å²) in [6.07, 6.45) is 3.18. The topological polar surface area (TPSA) is 46.1 Å². The molecule has 28 heavy (non-hydrogen) atoms. The van der Waals surface area contributed by atoms with Crippen molar-refractivity contribution >= 4 is 32.6 Å². The number of amides is 1. The zero-order chi connectivity index (χ0) is 19.7. The number of rotatable bonds is 4. The van der Waals surface area contributed by atoms with Crippen LogP contribution < -0.4 is 4.90 Å². The molecule has 0 atom stereocenters. The van der Waals surface area contributed by atoms with Crippen LogP contribution in [-0.4, -0.2) is 15.9 Å². The van der Waals surface area contributed by atoms with Gasteiger partial charge in [-0.3, -0.25) is 14.7 Å². The second kappa shape index (κ2) is 7.40. The number of hydrogen-bond acceptors (Lipinski definition) is 4. The first-order valence-corrected chi connectivity index (χ1v) is 9.05. The molecule has 0 N–H and O–H groups in total. The standard InChI is InChI=1S/C20H12F3N3OS/c21-14-5-1-4-13(7-14)19(27)26(11-12-3-2-6-24-10-12)20-25-18-16(23)8-15(22)9-17(18)28-20/h1-10H,11H2. The van der Waals surface area contributed by atoms with E-state index in [2.05, 4.69) is 9.97 Å². The number of aromatic nitrogens is 2. The van der Waals surface area contributed by atoms with Gasteiger partial charge in [-0.2, -0.15) is 0 Å². The Balaban J connectivity index is 1.80. The fraction of sp³-hybridized carbons (Fsp3) is 0.0500. The van der Waals surface area contributed by atoms with Crippen LogP contribution in [0.15, 0.2) is 60.9 Å². The Morgan fingerprint density at radius 3 is 2.64 bits per heavy atom. The summed E-state index contributed by atoms with van der Waals surface area (Å²) in [4.78, 5) is 22.6. The Morgan fingerprint density at radius 1 is 1.04 bits per heavy atom. The minimum atomic E-state index is -0.808. The van der Waals surface area contributed by atoms with Crippen molar-refractivity contribution in [3.05, 3.63) is 89.5 Å². The minimum absolute atomic E-state index is 0.0235. The van der Waals surface area contributed by atoms with E-state index in [4.69, 9.17) is 0 Å². The number of anilines is 1. The Morgan fingerprint density at radius 2 is 1.89 bits per heavy atom. The van der Waals surface area contributed by atoms with E-state index < -0.39 is 23.4 Å². The highest BCUT2D eigenvalue weighted by Gasteiger charge is 2.23. The molecule has 140 valence electrons. The van der Waals surface area contributed by atoms with Gasteiger partial charge in [0.25, 0.3) is 5.91 Å².